The zero-order chi connectivity index (χ0) is 11.4. The number of rotatable bonds is 4. The Labute approximate surface area is 91.3 Å². The SMILES string of the molecule is COc1c(C)cc(C)cc1CN(C)CO. The number of aryl methyl sites for hydroxylation is 2. The van der Waals surface area contributed by atoms with Crippen LogP contribution in [0, 0.1) is 13.8 Å². The molecule has 0 spiro atoms. The van der Waals surface area contributed by atoms with Gasteiger partial charge in [0.15, 0.2) is 0 Å². The zero-order valence-electron chi connectivity index (χ0n) is 9.87. The van der Waals surface area contributed by atoms with E-state index in [4.69, 9.17) is 9.84 Å². The molecule has 0 amide bonds. The van der Waals surface area contributed by atoms with Crippen LogP contribution in [0.4, 0.5) is 0 Å². The van der Waals surface area contributed by atoms with E-state index in [1.54, 1.807) is 7.11 Å². The first-order valence-corrected chi connectivity index (χ1v) is 5.02. The van der Waals surface area contributed by atoms with Crippen molar-refractivity contribution in [1.29, 1.82) is 0 Å². The van der Waals surface area contributed by atoms with E-state index in [1.165, 1.54) is 5.56 Å². The van der Waals surface area contributed by atoms with Gasteiger partial charge in [0.2, 0.25) is 0 Å². The van der Waals surface area contributed by atoms with Gasteiger partial charge < -0.3 is 9.84 Å². The van der Waals surface area contributed by atoms with Crippen LogP contribution >= 0.6 is 0 Å². The maximum Gasteiger partial charge on any atom is 0.126 e. The molecule has 3 heteroatoms. The third kappa shape index (κ3) is 2.94. The summed E-state index contributed by atoms with van der Waals surface area (Å²) in [6.45, 7) is 4.85. The fourth-order valence-corrected chi connectivity index (χ4v) is 1.79. The van der Waals surface area contributed by atoms with Crippen LogP contribution in [-0.2, 0) is 6.54 Å². The second kappa shape index (κ2) is 5.14. The first-order chi connectivity index (χ1) is 7.08. The Morgan fingerprint density at radius 2 is 2.00 bits per heavy atom. The van der Waals surface area contributed by atoms with Gasteiger partial charge in [0.05, 0.1) is 13.8 Å². The smallest absolute Gasteiger partial charge is 0.126 e. The van der Waals surface area contributed by atoms with E-state index < -0.39 is 0 Å². The molecular weight excluding hydrogens is 190 g/mol. The quantitative estimate of drug-likeness (QED) is 0.766. The van der Waals surface area contributed by atoms with Gasteiger partial charge >= 0.3 is 0 Å². The molecule has 0 bridgehead atoms. The van der Waals surface area contributed by atoms with Crippen LogP contribution in [-0.4, -0.2) is 30.9 Å². The first kappa shape index (κ1) is 12.0. The summed E-state index contributed by atoms with van der Waals surface area (Å²) in [6.07, 6.45) is 0. The Hall–Kier alpha value is -1.06. The molecule has 0 fully saturated rings. The molecule has 0 radical (unpaired) electrons. The molecule has 1 aromatic rings. The van der Waals surface area contributed by atoms with Gasteiger partial charge in [-0.1, -0.05) is 17.7 Å². The van der Waals surface area contributed by atoms with Gasteiger partial charge in [0, 0.05) is 12.1 Å². The fraction of sp³-hybridized carbons (Fsp3) is 0.500. The fourth-order valence-electron chi connectivity index (χ4n) is 1.79. The molecule has 0 aliphatic rings. The summed E-state index contributed by atoms with van der Waals surface area (Å²) in [6, 6.07) is 4.19. The van der Waals surface area contributed by atoms with Crippen molar-refractivity contribution in [3.63, 3.8) is 0 Å². The molecule has 0 saturated heterocycles. The number of hydrogen-bond donors (Lipinski definition) is 1. The maximum atomic E-state index is 8.98. The molecule has 0 heterocycles. The highest BCUT2D eigenvalue weighted by Gasteiger charge is 2.09. The minimum Gasteiger partial charge on any atom is -0.496 e. The number of aliphatic hydroxyl groups excluding tert-OH is 1. The molecule has 1 N–H and O–H groups in total. The molecule has 1 rings (SSSR count). The molecule has 0 aliphatic heterocycles. The Morgan fingerprint density at radius 1 is 1.33 bits per heavy atom. The second-order valence-corrected chi connectivity index (χ2v) is 3.93. The highest BCUT2D eigenvalue weighted by Crippen LogP contribution is 2.25. The zero-order valence-corrected chi connectivity index (χ0v) is 9.87. The third-order valence-electron chi connectivity index (χ3n) is 2.38. The normalized spacial score (nSPS) is 10.8. The molecule has 0 atom stereocenters. The van der Waals surface area contributed by atoms with Crippen molar-refractivity contribution in [2.24, 2.45) is 0 Å². The van der Waals surface area contributed by atoms with Gasteiger partial charge in [-0.15, -0.1) is 0 Å². The largest absolute Gasteiger partial charge is 0.496 e. The van der Waals surface area contributed by atoms with Gasteiger partial charge in [0.1, 0.15) is 5.75 Å². The number of nitrogens with zero attached hydrogens (tertiary/aromatic N) is 1. The average molecular weight is 209 g/mol. The average Bonchev–Trinajstić information content (AvgIpc) is 2.17. The topological polar surface area (TPSA) is 32.7 Å². The number of ether oxygens (including phenoxy) is 1. The minimum absolute atomic E-state index is 0.0517. The molecule has 15 heavy (non-hydrogen) atoms. The van der Waals surface area contributed by atoms with Crippen LogP contribution in [0.15, 0.2) is 12.1 Å². The standard InChI is InChI=1S/C12H19NO2/c1-9-5-10(2)12(15-4)11(6-9)7-13(3)8-14/h5-6,14H,7-8H2,1-4H3. The van der Waals surface area contributed by atoms with Crippen LogP contribution in [0.3, 0.4) is 0 Å². The summed E-state index contributed by atoms with van der Waals surface area (Å²) < 4.78 is 5.37. The molecule has 1 aromatic carbocycles. The predicted molar refractivity (Wildman–Crippen MR) is 61.0 cm³/mol. The summed E-state index contributed by atoms with van der Waals surface area (Å²) in [5.74, 6) is 0.918. The van der Waals surface area contributed by atoms with Crippen molar-refractivity contribution in [3.05, 3.63) is 28.8 Å². The van der Waals surface area contributed by atoms with E-state index in [-0.39, 0.29) is 6.73 Å². The van der Waals surface area contributed by atoms with E-state index >= 15 is 0 Å². The highest BCUT2D eigenvalue weighted by atomic mass is 16.5. The molecule has 84 valence electrons. The molecule has 0 aliphatic carbocycles. The van der Waals surface area contributed by atoms with Gasteiger partial charge in [-0.25, -0.2) is 0 Å². The maximum absolute atomic E-state index is 8.98. The van der Waals surface area contributed by atoms with E-state index in [0.717, 1.165) is 16.9 Å². The van der Waals surface area contributed by atoms with Crippen LogP contribution in [0.1, 0.15) is 16.7 Å². The molecule has 0 saturated carbocycles. The van der Waals surface area contributed by atoms with Crippen molar-refractivity contribution in [2.75, 3.05) is 20.9 Å². The summed E-state index contributed by atoms with van der Waals surface area (Å²) in [4.78, 5) is 1.83. The van der Waals surface area contributed by atoms with Crippen LogP contribution in [0.25, 0.3) is 0 Å². The number of aliphatic hydroxyl groups is 1. The summed E-state index contributed by atoms with van der Waals surface area (Å²) in [5.41, 5.74) is 3.47. The van der Waals surface area contributed by atoms with Crippen molar-refractivity contribution in [2.45, 2.75) is 20.4 Å². The van der Waals surface area contributed by atoms with Crippen molar-refractivity contribution < 1.29 is 9.84 Å². The summed E-state index contributed by atoms with van der Waals surface area (Å²) in [5, 5.41) is 8.98. The lowest BCUT2D eigenvalue weighted by Crippen LogP contribution is -2.19. The Balaban J connectivity index is 3.03. The van der Waals surface area contributed by atoms with Crippen LogP contribution < -0.4 is 4.74 Å². The van der Waals surface area contributed by atoms with E-state index in [1.807, 2.05) is 18.9 Å². The lowest BCUT2D eigenvalue weighted by atomic mass is 10.1. The first-order valence-electron chi connectivity index (χ1n) is 5.02. The lowest BCUT2D eigenvalue weighted by Gasteiger charge is -2.17. The van der Waals surface area contributed by atoms with Crippen LogP contribution in [0.5, 0.6) is 5.75 Å². The lowest BCUT2D eigenvalue weighted by molar-refractivity contribution is 0.126. The molecule has 0 unspecified atom stereocenters. The summed E-state index contributed by atoms with van der Waals surface area (Å²) in [7, 11) is 3.55. The van der Waals surface area contributed by atoms with Gasteiger partial charge in [-0.2, -0.15) is 0 Å². The monoisotopic (exact) mass is 209 g/mol. The molecular formula is C12H19NO2. The van der Waals surface area contributed by atoms with E-state index in [2.05, 4.69) is 19.1 Å². The number of methoxy groups -OCH3 is 1. The molecule has 0 aromatic heterocycles. The Morgan fingerprint density at radius 3 is 2.53 bits per heavy atom. The number of benzene rings is 1. The predicted octanol–water partition coefficient (Wildman–Crippen LogP) is 1.69. The molecule has 3 nitrogen and oxygen atoms in total. The summed E-state index contributed by atoms with van der Waals surface area (Å²) >= 11 is 0. The van der Waals surface area contributed by atoms with E-state index in [0.29, 0.717) is 6.54 Å². The third-order valence-corrected chi connectivity index (χ3v) is 2.38. The van der Waals surface area contributed by atoms with Gasteiger partial charge in [0.25, 0.3) is 0 Å². The van der Waals surface area contributed by atoms with E-state index in [9.17, 15) is 0 Å². The minimum atomic E-state index is 0.0517. The van der Waals surface area contributed by atoms with Crippen LogP contribution in [0.2, 0.25) is 0 Å². The highest BCUT2D eigenvalue weighted by molar-refractivity contribution is 5.43. The van der Waals surface area contributed by atoms with Crippen molar-refractivity contribution in [3.8, 4) is 5.75 Å². The second-order valence-electron chi connectivity index (χ2n) is 3.93. The Kier molecular flexibility index (Phi) is 4.12. The number of hydrogen-bond acceptors (Lipinski definition) is 3. The Bertz CT molecular complexity index is 337. The van der Waals surface area contributed by atoms with Gasteiger partial charge in [-0.05, 0) is 26.5 Å². The van der Waals surface area contributed by atoms with Crippen molar-refractivity contribution in [1.82, 2.24) is 4.90 Å². The van der Waals surface area contributed by atoms with Gasteiger partial charge in [-0.3, -0.25) is 4.90 Å². The van der Waals surface area contributed by atoms with Crippen molar-refractivity contribution >= 4 is 0 Å².